The van der Waals surface area contributed by atoms with E-state index in [1.165, 1.54) is 32.8 Å². The molecule has 1 aliphatic heterocycles. The number of Topliss-reactive ketones (excluding diaryl/α,β-unsaturated/α-hetero) is 1. The molecular weight excluding hydrogens is 244 g/mol. The molecule has 1 saturated heterocycles. The summed E-state index contributed by atoms with van der Waals surface area (Å²) in [6.07, 6.45) is 7.74. The third-order valence-electron chi connectivity index (χ3n) is 3.55. The molecule has 0 spiro atoms. The molecule has 0 aromatic carbocycles. The van der Waals surface area contributed by atoms with Crippen LogP contribution in [0, 0.1) is 0 Å². The van der Waals surface area contributed by atoms with E-state index in [4.69, 9.17) is 4.74 Å². The summed E-state index contributed by atoms with van der Waals surface area (Å²) < 4.78 is 10.4. The van der Waals surface area contributed by atoms with Crippen LogP contribution in [0.1, 0.15) is 64.7 Å². The number of unbranched alkanes of at least 4 members (excludes halogenated alkanes) is 4. The largest absolute Gasteiger partial charge is 0.469 e. The lowest BCUT2D eigenvalue weighted by Gasteiger charge is -2.28. The molecule has 0 aromatic rings. The van der Waals surface area contributed by atoms with Crippen molar-refractivity contribution in [1.82, 2.24) is 0 Å². The highest BCUT2D eigenvalue weighted by Crippen LogP contribution is 2.23. The van der Waals surface area contributed by atoms with Gasteiger partial charge in [-0.15, -0.1) is 0 Å². The molecule has 19 heavy (non-hydrogen) atoms. The Morgan fingerprint density at radius 1 is 1.21 bits per heavy atom. The number of hydrogen-bond acceptors (Lipinski definition) is 4. The molecule has 110 valence electrons. The predicted octanol–water partition coefficient (Wildman–Crippen LogP) is 3.03. The monoisotopic (exact) mass is 270 g/mol. The molecular formula is C15H26O4. The van der Waals surface area contributed by atoms with Gasteiger partial charge in [-0.1, -0.05) is 39.0 Å². The Hall–Kier alpha value is -0.900. The van der Waals surface area contributed by atoms with Crippen molar-refractivity contribution >= 4 is 11.8 Å². The van der Waals surface area contributed by atoms with Crippen LogP contribution in [0.15, 0.2) is 0 Å². The van der Waals surface area contributed by atoms with Crippen LogP contribution in [0.5, 0.6) is 0 Å². The summed E-state index contributed by atoms with van der Waals surface area (Å²) in [5.74, 6) is -0.0971. The molecule has 0 radical (unpaired) electrons. The van der Waals surface area contributed by atoms with Gasteiger partial charge in [0.1, 0.15) is 5.78 Å². The third-order valence-corrected chi connectivity index (χ3v) is 3.55. The van der Waals surface area contributed by atoms with Crippen LogP contribution < -0.4 is 0 Å². The van der Waals surface area contributed by atoms with Gasteiger partial charge in [-0.05, 0) is 6.42 Å². The van der Waals surface area contributed by atoms with Gasteiger partial charge in [0.2, 0.25) is 0 Å². The van der Waals surface area contributed by atoms with E-state index < -0.39 is 0 Å². The van der Waals surface area contributed by atoms with E-state index in [0.29, 0.717) is 12.8 Å². The maximum atomic E-state index is 11.7. The number of ketones is 1. The predicted molar refractivity (Wildman–Crippen MR) is 72.9 cm³/mol. The summed E-state index contributed by atoms with van der Waals surface area (Å²) >= 11 is 0. The second kappa shape index (κ2) is 9.08. The van der Waals surface area contributed by atoms with Gasteiger partial charge in [-0.2, -0.15) is 0 Å². The number of carbonyl (C=O) groups excluding carboxylic acids is 2. The van der Waals surface area contributed by atoms with Crippen LogP contribution in [0.3, 0.4) is 0 Å². The molecule has 4 heteroatoms. The van der Waals surface area contributed by atoms with Crippen molar-refractivity contribution in [2.75, 3.05) is 7.11 Å². The fourth-order valence-electron chi connectivity index (χ4n) is 2.49. The number of carbonyl (C=O) groups is 2. The number of hydrogen-bond donors (Lipinski definition) is 0. The zero-order valence-electron chi connectivity index (χ0n) is 12.2. The van der Waals surface area contributed by atoms with Gasteiger partial charge in [-0.3, -0.25) is 9.59 Å². The highest BCUT2D eigenvalue weighted by molar-refractivity contribution is 5.81. The molecule has 4 nitrogen and oxygen atoms in total. The van der Waals surface area contributed by atoms with Crippen LogP contribution in [0.2, 0.25) is 0 Å². The molecule has 1 aliphatic rings. The average Bonchev–Trinajstić information content (AvgIpc) is 2.37. The van der Waals surface area contributed by atoms with Gasteiger partial charge in [-0.25, -0.2) is 0 Å². The van der Waals surface area contributed by atoms with E-state index in [2.05, 4.69) is 11.7 Å². The quantitative estimate of drug-likeness (QED) is 0.502. The summed E-state index contributed by atoms with van der Waals surface area (Å²) in [7, 11) is 1.36. The fraction of sp³-hybridized carbons (Fsp3) is 0.867. The van der Waals surface area contributed by atoms with Crippen molar-refractivity contribution in [3.05, 3.63) is 0 Å². The Balaban J connectivity index is 2.26. The van der Waals surface area contributed by atoms with Crippen LogP contribution in [0.4, 0.5) is 0 Å². The average molecular weight is 270 g/mol. The lowest BCUT2D eigenvalue weighted by Crippen LogP contribution is -2.34. The maximum absolute atomic E-state index is 11.7. The first kappa shape index (κ1) is 16.2. The summed E-state index contributed by atoms with van der Waals surface area (Å²) in [5.41, 5.74) is 0. The molecule has 1 fully saturated rings. The Morgan fingerprint density at radius 2 is 1.89 bits per heavy atom. The maximum Gasteiger partial charge on any atom is 0.308 e. The first-order chi connectivity index (χ1) is 9.15. The van der Waals surface area contributed by atoms with Crippen molar-refractivity contribution in [2.24, 2.45) is 0 Å². The Kier molecular flexibility index (Phi) is 7.72. The molecule has 0 N–H and O–H groups in total. The molecule has 1 heterocycles. The summed E-state index contributed by atoms with van der Waals surface area (Å²) in [4.78, 5) is 22.9. The molecule has 0 aliphatic carbocycles. The number of rotatable bonds is 8. The molecule has 0 unspecified atom stereocenters. The van der Waals surface area contributed by atoms with Crippen molar-refractivity contribution in [3.8, 4) is 0 Å². The zero-order chi connectivity index (χ0) is 14.1. The Bertz CT molecular complexity index is 288. The van der Waals surface area contributed by atoms with Crippen molar-refractivity contribution in [2.45, 2.75) is 76.9 Å². The fourth-order valence-corrected chi connectivity index (χ4v) is 2.49. The van der Waals surface area contributed by atoms with Crippen LogP contribution in [-0.2, 0) is 19.1 Å². The van der Waals surface area contributed by atoms with Gasteiger partial charge in [0, 0.05) is 12.8 Å². The molecule has 1 rings (SSSR count). The lowest BCUT2D eigenvalue weighted by atomic mass is 9.97. The molecule has 0 bridgehead atoms. The smallest absolute Gasteiger partial charge is 0.308 e. The van der Waals surface area contributed by atoms with E-state index in [-0.39, 0.29) is 30.4 Å². The summed E-state index contributed by atoms with van der Waals surface area (Å²) in [6, 6.07) is 0. The van der Waals surface area contributed by atoms with E-state index in [1.807, 2.05) is 0 Å². The lowest BCUT2D eigenvalue weighted by molar-refractivity contribution is -0.150. The molecule has 0 amide bonds. The van der Waals surface area contributed by atoms with E-state index >= 15 is 0 Å². The molecule has 0 aromatic heterocycles. The van der Waals surface area contributed by atoms with Crippen LogP contribution in [0.25, 0.3) is 0 Å². The Morgan fingerprint density at radius 3 is 2.58 bits per heavy atom. The number of esters is 1. The van der Waals surface area contributed by atoms with Crippen LogP contribution >= 0.6 is 0 Å². The van der Waals surface area contributed by atoms with Crippen molar-refractivity contribution in [1.29, 1.82) is 0 Å². The second-order valence-electron chi connectivity index (χ2n) is 5.31. The van der Waals surface area contributed by atoms with Gasteiger partial charge in [0.25, 0.3) is 0 Å². The first-order valence-electron chi connectivity index (χ1n) is 7.39. The summed E-state index contributed by atoms with van der Waals surface area (Å²) in [6.45, 7) is 2.19. The van der Waals surface area contributed by atoms with Gasteiger partial charge in [0.15, 0.2) is 0 Å². The van der Waals surface area contributed by atoms with E-state index in [1.54, 1.807) is 0 Å². The van der Waals surface area contributed by atoms with E-state index in [9.17, 15) is 9.59 Å². The summed E-state index contributed by atoms with van der Waals surface area (Å²) in [5, 5.41) is 0. The SMILES string of the molecule is CCCCCCC[C@H]1CC(=O)C[C@H](CC(=O)OC)O1. The first-order valence-corrected chi connectivity index (χ1v) is 7.39. The third kappa shape index (κ3) is 6.71. The minimum absolute atomic E-state index is 0.00228. The standard InChI is InChI=1S/C15H26O4/c1-3-4-5-6-7-8-13-9-12(16)10-14(19-13)11-15(17)18-2/h13-14H,3-11H2,1-2H3/t13-,14+/m0/s1. The molecule has 0 saturated carbocycles. The van der Waals surface area contributed by atoms with Gasteiger partial charge in [0.05, 0.1) is 25.7 Å². The van der Waals surface area contributed by atoms with Crippen molar-refractivity contribution < 1.29 is 19.1 Å². The zero-order valence-corrected chi connectivity index (χ0v) is 12.2. The van der Waals surface area contributed by atoms with E-state index in [0.717, 1.165) is 12.8 Å². The number of methoxy groups -OCH3 is 1. The highest BCUT2D eigenvalue weighted by atomic mass is 16.5. The minimum atomic E-state index is -0.304. The second-order valence-corrected chi connectivity index (χ2v) is 5.31. The van der Waals surface area contributed by atoms with Gasteiger partial charge >= 0.3 is 5.97 Å². The normalized spacial score (nSPS) is 23.4. The highest BCUT2D eigenvalue weighted by Gasteiger charge is 2.29. The number of ether oxygens (including phenoxy) is 2. The van der Waals surface area contributed by atoms with Crippen molar-refractivity contribution in [3.63, 3.8) is 0 Å². The minimum Gasteiger partial charge on any atom is -0.469 e. The molecule has 2 atom stereocenters. The van der Waals surface area contributed by atoms with Gasteiger partial charge < -0.3 is 9.47 Å². The van der Waals surface area contributed by atoms with Crippen LogP contribution in [-0.4, -0.2) is 31.1 Å². The topological polar surface area (TPSA) is 52.6 Å². The Labute approximate surface area is 115 Å².